The van der Waals surface area contributed by atoms with Gasteiger partial charge in [-0.15, -0.1) is 0 Å². The minimum Gasteiger partial charge on any atom is -0.485 e. The van der Waals surface area contributed by atoms with Crippen molar-refractivity contribution >= 4 is 40.2 Å². The number of nitrogens with zero attached hydrogens (tertiary/aromatic N) is 1. The van der Waals surface area contributed by atoms with Crippen molar-refractivity contribution in [2.45, 2.75) is 31.9 Å². The summed E-state index contributed by atoms with van der Waals surface area (Å²) in [5, 5.41) is 5.81. The van der Waals surface area contributed by atoms with E-state index in [1.165, 1.54) is 18.2 Å². The van der Waals surface area contributed by atoms with Crippen molar-refractivity contribution in [3.63, 3.8) is 0 Å². The first kappa shape index (κ1) is 24.5. The fourth-order valence-corrected chi connectivity index (χ4v) is 4.87. The van der Waals surface area contributed by atoms with Crippen molar-refractivity contribution in [3.05, 3.63) is 40.7 Å². The smallest absolute Gasteiger partial charge is 0.391 e. The number of amides is 1. The second-order valence-corrected chi connectivity index (χ2v) is 9.36. The minimum atomic E-state index is -4.17. The number of aromatic nitrogens is 2. The average molecular weight is 527 g/mol. The molecule has 2 aliphatic rings. The highest BCUT2D eigenvalue weighted by Gasteiger charge is 2.41. The number of fused-ring (bicyclic) bond motifs is 3. The number of rotatable bonds is 5. The Labute approximate surface area is 208 Å². The molecule has 0 unspecified atom stereocenters. The maximum absolute atomic E-state index is 14.2. The van der Waals surface area contributed by atoms with Crippen LogP contribution in [0.5, 0.6) is 11.5 Å². The van der Waals surface area contributed by atoms with Crippen LogP contribution in [0.3, 0.4) is 0 Å². The number of carbonyl (C=O) groups is 1. The van der Waals surface area contributed by atoms with Crippen LogP contribution in [0, 0.1) is 17.7 Å². The molecule has 2 heterocycles. The van der Waals surface area contributed by atoms with Crippen molar-refractivity contribution in [1.29, 1.82) is 0 Å². The molecule has 2 aromatic carbocycles. The number of para-hydroxylation sites is 1. The van der Waals surface area contributed by atoms with E-state index in [0.717, 1.165) is 0 Å². The Balaban J connectivity index is 1.35. The Kier molecular flexibility index (Phi) is 6.59. The van der Waals surface area contributed by atoms with E-state index < -0.39 is 23.8 Å². The lowest BCUT2D eigenvalue weighted by molar-refractivity contribution is -0.183. The van der Waals surface area contributed by atoms with Crippen molar-refractivity contribution in [2.75, 3.05) is 25.1 Å². The normalized spacial score (nSPS) is 19.8. The number of hydrogen-bond acceptors (Lipinski definition) is 5. The third-order valence-corrected chi connectivity index (χ3v) is 6.89. The molecule has 1 aromatic heterocycles. The predicted molar refractivity (Wildman–Crippen MR) is 126 cm³/mol. The summed E-state index contributed by atoms with van der Waals surface area (Å²) in [4.78, 5) is 20.5. The number of H-pyrrole nitrogens is 1. The number of anilines is 2. The van der Waals surface area contributed by atoms with Gasteiger partial charge in [-0.2, -0.15) is 13.2 Å². The Morgan fingerprint density at radius 2 is 1.86 bits per heavy atom. The fraction of sp³-hybridized carbons (Fsp3) is 0.417. The lowest BCUT2D eigenvalue weighted by Gasteiger charge is -2.30. The first-order chi connectivity index (χ1) is 17.2. The molecule has 0 radical (unpaired) electrons. The highest BCUT2D eigenvalue weighted by atomic mass is 35.5. The van der Waals surface area contributed by atoms with E-state index in [-0.39, 0.29) is 72.2 Å². The number of alkyl halides is 3. The monoisotopic (exact) mass is 526 g/mol. The van der Waals surface area contributed by atoms with Gasteiger partial charge in [0.15, 0.2) is 11.5 Å². The SMILES string of the molecule is O=C(NCC1CCC(C(F)(F)F)CC1)c1cc2[nH]c(Nc3c(F)cccc3Cl)nc2c2c1OCCO2. The van der Waals surface area contributed by atoms with Crippen LogP contribution in [0.4, 0.5) is 29.2 Å². The van der Waals surface area contributed by atoms with Gasteiger partial charge in [-0.05, 0) is 49.8 Å². The zero-order valence-electron chi connectivity index (χ0n) is 19.0. The van der Waals surface area contributed by atoms with Crippen LogP contribution in [0.25, 0.3) is 11.0 Å². The third kappa shape index (κ3) is 4.88. The quantitative estimate of drug-likeness (QED) is 0.357. The van der Waals surface area contributed by atoms with Crippen LogP contribution >= 0.6 is 11.6 Å². The molecule has 3 aromatic rings. The maximum Gasteiger partial charge on any atom is 0.391 e. The molecule has 1 aliphatic heterocycles. The molecule has 36 heavy (non-hydrogen) atoms. The zero-order valence-corrected chi connectivity index (χ0v) is 19.7. The largest absolute Gasteiger partial charge is 0.485 e. The summed E-state index contributed by atoms with van der Waals surface area (Å²) < 4.78 is 64.5. The number of carbonyl (C=O) groups excluding carboxylic acids is 1. The van der Waals surface area contributed by atoms with E-state index in [4.69, 9.17) is 21.1 Å². The molecule has 1 fully saturated rings. The molecule has 0 bridgehead atoms. The van der Waals surface area contributed by atoms with Gasteiger partial charge >= 0.3 is 6.18 Å². The molecule has 12 heteroatoms. The molecule has 0 spiro atoms. The molecule has 3 N–H and O–H groups in total. The lowest BCUT2D eigenvalue weighted by atomic mass is 9.81. The van der Waals surface area contributed by atoms with Crippen LogP contribution in [0.2, 0.25) is 5.02 Å². The highest BCUT2D eigenvalue weighted by Crippen LogP contribution is 2.42. The molecular weight excluding hydrogens is 504 g/mol. The van der Waals surface area contributed by atoms with Gasteiger partial charge in [0.1, 0.15) is 24.5 Å². The summed E-state index contributed by atoms with van der Waals surface area (Å²) in [6, 6.07) is 5.83. The average Bonchev–Trinajstić information content (AvgIpc) is 3.27. The van der Waals surface area contributed by atoms with Gasteiger partial charge in [0, 0.05) is 6.54 Å². The van der Waals surface area contributed by atoms with Gasteiger partial charge in [0.2, 0.25) is 5.95 Å². The fourth-order valence-electron chi connectivity index (χ4n) is 4.66. The van der Waals surface area contributed by atoms with E-state index in [9.17, 15) is 22.4 Å². The first-order valence-electron chi connectivity index (χ1n) is 11.6. The molecule has 5 rings (SSSR count). The molecule has 7 nitrogen and oxygen atoms in total. The molecule has 192 valence electrons. The summed E-state index contributed by atoms with van der Waals surface area (Å²) in [6.45, 7) is 0.754. The number of hydrogen-bond donors (Lipinski definition) is 3. The number of ether oxygens (including phenoxy) is 2. The van der Waals surface area contributed by atoms with E-state index in [2.05, 4.69) is 20.6 Å². The Morgan fingerprint density at radius 1 is 1.14 bits per heavy atom. The van der Waals surface area contributed by atoms with Crippen molar-refractivity contribution in [3.8, 4) is 11.5 Å². The Bertz CT molecular complexity index is 1270. The molecule has 0 atom stereocenters. The van der Waals surface area contributed by atoms with Crippen molar-refractivity contribution in [2.24, 2.45) is 11.8 Å². The van der Waals surface area contributed by atoms with Gasteiger partial charge in [-0.1, -0.05) is 17.7 Å². The number of halogens is 5. The second kappa shape index (κ2) is 9.68. The molecular formula is C24H23ClF4N4O3. The summed E-state index contributed by atoms with van der Waals surface area (Å²) >= 11 is 6.09. The van der Waals surface area contributed by atoms with E-state index in [1.54, 1.807) is 6.07 Å². The maximum atomic E-state index is 14.2. The van der Waals surface area contributed by atoms with Crippen molar-refractivity contribution < 1.29 is 31.8 Å². The molecule has 1 aliphatic carbocycles. The summed E-state index contributed by atoms with van der Waals surface area (Å²) in [5.74, 6) is -1.60. The van der Waals surface area contributed by atoms with Gasteiger partial charge in [0.25, 0.3) is 5.91 Å². The topological polar surface area (TPSA) is 88.3 Å². The number of imidazole rings is 1. The summed E-state index contributed by atoms with van der Waals surface area (Å²) in [6.07, 6.45) is -3.24. The number of nitrogens with one attached hydrogen (secondary N) is 3. The Hall–Kier alpha value is -3.21. The van der Waals surface area contributed by atoms with Crippen LogP contribution in [-0.4, -0.2) is 41.8 Å². The van der Waals surface area contributed by atoms with Gasteiger partial charge in [-0.3, -0.25) is 4.79 Å². The van der Waals surface area contributed by atoms with Gasteiger partial charge in [0.05, 0.1) is 27.7 Å². The molecule has 0 saturated heterocycles. The summed E-state index contributed by atoms with van der Waals surface area (Å²) in [7, 11) is 0. The van der Waals surface area contributed by atoms with Crippen LogP contribution < -0.4 is 20.1 Å². The summed E-state index contributed by atoms with van der Waals surface area (Å²) in [5.41, 5.74) is 1.09. The van der Waals surface area contributed by atoms with Gasteiger partial charge in [-0.25, -0.2) is 9.37 Å². The molecule has 1 amide bonds. The standard InChI is InChI=1S/C24H23ClF4N4O3/c25-15-2-1-3-16(26)18(15)32-23-31-17-10-14(20-21(19(17)33-23)36-9-8-35-20)22(34)30-11-12-4-6-13(7-5-12)24(27,28)29/h1-3,10,12-13H,4-9,11H2,(H,30,34)(H2,31,32,33). The number of aromatic amines is 1. The minimum absolute atomic E-state index is 0.0299. The van der Waals surface area contributed by atoms with E-state index in [0.29, 0.717) is 23.9 Å². The number of benzene rings is 2. The highest BCUT2D eigenvalue weighted by molar-refractivity contribution is 6.33. The third-order valence-electron chi connectivity index (χ3n) is 6.57. The second-order valence-electron chi connectivity index (χ2n) is 8.95. The van der Waals surface area contributed by atoms with E-state index >= 15 is 0 Å². The first-order valence-corrected chi connectivity index (χ1v) is 12.0. The van der Waals surface area contributed by atoms with Crippen LogP contribution in [0.15, 0.2) is 24.3 Å². The Morgan fingerprint density at radius 3 is 2.56 bits per heavy atom. The predicted octanol–water partition coefficient (Wildman–Crippen LogP) is 5.97. The van der Waals surface area contributed by atoms with E-state index in [1.807, 2.05) is 0 Å². The molecule has 1 saturated carbocycles. The van der Waals surface area contributed by atoms with Gasteiger partial charge < -0.3 is 25.1 Å². The van der Waals surface area contributed by atoms with Crippen molar-refractivity contribution in [1.82, 2.24) is 15.3 Å². The van der Waals surface area contributed by atoms with Crippen LogP contribution in [0.1, 0.15) is 36.0 Å². The van der Waals surface area contributed by atoms with Crippen LogP contribution in [-0.2, 0) is 0 Å². The zero-order chi connectivity index (χ0) is 25.4. The lowest BCUT2D eigenvalue weighted by Crippen LogP contribution is -2.34.